The minimum Gasteiger partial charge on any atom is -0.473 e. The highest BCUT2D eigenvalue weighted by Crippen LogP contribution is 2.18. The fourth-order valence-electron chi connectivity index (χ4n) is 2.71. The molecular formula is C19H23N3O6S. The molecule has 10 heteroatoms. The van der Waals surface area contributed by atoms with Crippen LogP contribution in [0.25, 0.3) is 0 Å². The number of aryl methyl sites for hydroxylation is 1. The third-order valence-electron chi connectivity index (χ3n) is 4.28. The molecule has 2 heterocycles. The number of aliphatic carboxylic acids is 2. The molecule has 156 valence electrons. The van der Waals surface area contributed by atoms with Crippen LogP contribution in [0.1, 0.15) is 11.3 Å². The fraction of sp³-hybridized carbons (Fsp3) is 0.316. The SMILES string of the molecule is Cc1ccc(S(=O)(=O)N2CCN(Cc3ccccn3)CC2)cc1.O=C(O)C(=O)O. The maximum Gasteiger partial charge on any atom is 0.414 e. The summed E-state index contributed by atoms with van der Waals surface area (Å²) in [6.45, 7) is 5.20. The number of carbonyl (C=O) groups is 2. The first-order valence-electron chi connectivity index (χ1n) is 8.85. The predicted molar refractivity (Wildman–Crippen MR) is 105 cm³/mol. The van der Waals surface area contributed by atoms with Crippen LogP contribution in [0.4, 0.5) is 0 Å². The maximum absolute atomic E-state index is 12.7. The highest BCUT2D eigenvalue weighted by Gasteiger charge is 2.28. The van der Waals surface area contributed by atoms with Crippen molar-refractivity contribution < 1.29 is 28.2 Å². The molecule has 2 N–H and O–H groups in total. The summed E-state index contributed by atoms with van der Waals surface area (Å²) in [5.41, 5.74) is 2.08. The van der Waals surface area contributed by atoms with Gasteiger partial charge in [0.15, 0.2) is 0 Å². The van der Waals surface area contributed by atoms with E-state index in [1.54, 1.807) is 22.6 Å². The second-order valence-corrected chi connectivity index (χ2v) is 8.36. The van der Waals surface area contributed by atoms with Gasteiger partial charge in [0, 0.05) is 38.9 Å². The number of pyridine rings is 1. The molecule has 1 aromatic heterocycles. The zero-order valence-corrected chi connectivity index (χ0v) is 16.7. The number of hydrogen-bond acceptors (Lipinski definition) is 6. The molecule has 0 amide bonds. The van der Waals surface area contributed by atoms with Crippen LogP contribution in [0.5, 0.6) is 0 Å². The minimum atomic E-state index is -3.38. The quantitative estimate of drug-likeness (QED) is 0.701. The van der Waals surface area contributed by atoms with E-state index in [1.165, 1.54) is 0 Å². The zero-order valence-electron chi connectivity index (χ0n) is 15.9. The molecule has 0 atom stereocenters. The van der Waals surface area contributed by atoms with Gasteiger partial charge in [0.1, 0.15) is 0 Å². The maximum atomic E-state index is 12.7. The molecule has 0 aliphatic carbocycles. The highest BCUT2D eigenvalue weighted by atomic mass is 32.2. The standard InChI is InChI=1S/C17H21N3O2S.C2H2O4/c1-15-5-7-17(8-6-15)23(21,22)20-12-10-19(11-13-20)14-16-4-2-3-9-18-16;3-1(4)2(5)6/h2-9H,10-14H2,1H3;(H,3,4)(H,5,6). The van der Waals surface area contributed by atoms with Crippen LogP contribution in [0.3, 0.4) is 0 Å². The number of piperazine rings is 1. The lowest BCUT2D eigenvalue weighted by molar-refractivity contribution is -0.159. The summed E-state index contributed by atoms with van der Waals surface area (Å²) in [6.07, 6.45) is 1.79. The topological polar surface area (TPSA) is 128 Å². The molecule has 1 aliphatic rings. The molecule has 0 bridgehead atoms. The Morgan fingerprint density at radius 2 is 1.55 bits per heavy atom. The molecule has 0 radical (unpaired) electrons. The van der Waals surface area contributed by atoms with Gasteiger partial charge in [-0.3, -0.25) is 9.88 Å². The number of hydrogen-bond donors (Lipinski definition) is 2. The first kappa shape index (κ1) is 22.5. The Morgan fingerprint density at radius 3 is 2.03 bits per heavy atom. The summed E-state index contributed by atoms with van der Waals surface area (Å²) in [5, 5.41) is 14.8. The summed E-state index contributed by atoms with van der Waals surface area (Å²) in [6, 6.07) is 12.9. The van der Waals surface area contributed by atoms with Gasteiger partial charge >= 0.3 is 11.9 Å². The van der Waals surface area contributed by atoms with E-state index in [2.05, 4.69) is 9.88 Å². The molecule has 2 aromatic rings. The minimum absolute atomic E-state index is 0.376. The van der Waals surface area contributed by atoms with Crippen molar-refractivity contribution in [2.45, 2.75) is 18.4 Å². The summed E-state index contributed by atoms with van der Waals surface area (Å²) in [4.78, 5) is 25.1. The van der Waals surface area contributed by atoms with E-state index in [9.17, 15) is 8.42 Å². The van der Waals surface area contributed by atoms with Gasteiger partial charge < -0.3 is 10.2 Å². The van der Waals surface area contributed by atoms with Crippen molar-refractivity contribution in [3.8, 4) is 0 Å². The van der Waals surface area contributed by atoms with Crippen molar-refractivity contribution in [3.63, 3.8) is 0 Å². The molecule has 29 heavy (non-hydrogen) atoms. The zero-order chi connectivity index (χ0) is 21.4. The number of benzene rings is 1. The molecule has 0 saturated carbocycles. The van der Waals surface area contributed by atoms with Gasteiger partial charge in [0.2, 0.25) is 10.0 Å². The lowest BCUT2D eigenvalue weighted by Gasteiger charge is -2.33. The van der Waals surface area contributed by atoms with E-state index < -0.39 is 22.0 Å². The fourth-order valence-corrected chi connectivity index (χ4v) is 4.13. The Labute approximate surface area is 169 Å². The van der Waals surface area contributed by atoms with E-state index >= 15 is 0 Å². The van der Waals surface area contributed by atoms with Crippen molar-refractivity contribution in [1.29, 1.82) is 0 Å². The Kier molecular flexibility index (Phi) is 7.82. The lowest BCUT2D eigenvalue weighted by Crippen LogP contribution is -2.48. The first-order chi connectivity index (χ1) is 13.7. The predicted octanol–water partition coefficient (Wildman–Crippen LogP) is 1.05. The Morgan fingerprint density at radius 1 is 0.966 bits per heavy atom. The van der Waals surface area contributed by atoms with Crippen molar-refractivity contribution >= 4 is 22.0 Å². The van der Waals surface area contributed by atoms with Gasteiger partial charge in [0.05, 0.1) is 10.6 Å². The van der Waals surface area contributed by atoms with Gasteiger partial charge in [0.25, 0.3) is 0 Å². The van der Waals surface area contributed by atoms with Crippen LogP contribution in [-0.2, 0) is 26.2 Å². The Bertz CT molecular complexity index is 912. The summed E-state index contributed by atoms with van der Waals surface area (Å²) in [5.74, 6) is -3.65. The van der Waals surface area contributed by atoms with Crippen molar-refractivity contribution in [2.24, 2.45) is 0 Å². The Balaban J connectivity index is 0.000000438. The molecule has 0 unspecified atom stereocenters. The third-order valence-corrected chi connectivity index (χ3v) is 6.20. The molecule has 1 saturated heterocycles. The number of nitrogens with zero attached hydrogens (tertiary/aromatic N) is 3. The van der Waals surface area contributed by atoms with Gasteiger partial charge in [-0.1, -0.05) is 23.8 Å². The van der Waals surface area contributed by atoms with Crippen LogP contribution in [0.15, 0.2) is 53.6 Å². The average Bonchev–Trinajstić information content (AvgIpc) is 2.70. The van der Waals surface area contributed by atoms with Crippen molar-refractivity contribution in [2.75, 3.05) is 26.2 Å². The van der Waals surface area contributed by atoms with Crippen LogP contribution >= 0.6 is 0 Å². The summed E-state index contributed by atoms with van der Waals surface area (Å²) < 4.78 is 26.9. The molecule has 1 fully saturated rings. The van der Waals surface area contributed by atoms with E-state index in [0.717, 1.165) is 30.9 Å². The van der Waals surface area contributed by atoms with E-state index in [-0.39, 0.29) is 0 Å². The number of aromatic nitrogens is 1. The number of rotatable bonds is 4. The van der Waals surface area contributed by atoms with Crippen molar-refractivity contribution in [3.05, 3.63) is 59.9 Å². The number of carboxylic acids is 2. The molecule has 1 aliphatic heterocycles. The molecule has 3 rings (SSSR count). The number of carboxylic acid groups (broad SMARTS) is 2. The first-order valence-corrected chi connectivity index (χ1v) is 10.3. The van der Waals surface area contributed by atoms with Crippen molar-refractivity contribution in [1.82, 2.24) is 14.2 Å². The second-order valence-electron chi connectivity index (χ2n) is 6.42. The van der Waals surface area contributed by atoms with Gasteiger partial charge in [-0.2, -0.15) is 4.31 Å². The normalized spacial score (nSPS) is 15.2. The highest BCUT2D eigenvalue weighted by molar-refractivity contribution is 7.89. The van der Waals surface area contributed by atoms with E-state index in [1.807, 2.05) is 37.3 Å². The second kappa shape index (κ2) is 10.1. The van der Waals surface area contributed by atoms with Crippen LogP contribution < -0.4 is 0 Å². The van der Waals surface area contributed by atoms with E-state index in [4.69, 9.17) is 19.8 Å². The summed E-state index contributed by atoms with van der Waals surface area (Å²) >= 11 is 0. The average molecular weight is 421 g/mol. The molecule has 0 spiro atoms. The smallest absolute Gasteiger partial charge is 0.414 e. The number of sulfonamides is 1. The summed E-state index contributed by atoms with van der Waals surface area (Å²) in [7, 11) is -3.38. The van der Waals surface area contributed by atoms with Crippen LogP contribution in [0.2, 0.25) is 0 Å². The van der Waals surface area contributed by atoms with Gasteiger partial charge in [-0.05, 0) is 31.2 Å². The molecule has 1 aromatic carbocycles. The van der Waals surface area contributed by atoms with Gasteiger partial charge in [-0.15, -0.1) is 0 Å². The van der Waals surface area contributed by atoms with Crippen LogP contribution in [-0.4, -0.2) is 70.9 Å². The lowest BCUT2D eigenvalue weighted by atomic mass is 10.2. The molecular weight excluding hydrogens is 398 g/mol. The Hall–Kier alpha value is -2.82. The monoisotopic (exact) mass is 421 g/mol. The molecule has 9 nitrogen and oxygen atoms in total. The van der Waals surface area contributed by atoms with E-state index in [0.29, 0.717) is 18.0 Å². The van der Waals surface area contributed by atoms with Gasteiger partial charge in [-0.25, -0.2) is 18.0 Å². The largest absolute Gasteiger partial charge is 0.473 e. The third kappa shape index (κ3) is 6.63. The van der Waals surface area contributed by atoms with Crippen LogP contribution in [0, 0.1) is 6.92 Å².